The molecule has 0 radical (unpaired) electrons. The maximum absolute atomic E-state index is 4.86. The Morgan fingerprint density at radius 1 is 0.968 bits per heavy atom. The van der Waals surface area contributed by atoms with E-state index in [9.17, 15) is 0 Å². The SMILES string of the molecule is Cc1ncc(-c2cc3c(-c4nc5c(-c6cccnc6)cncc5[nH]4)n[nH]c3cn2)n1C. The topological polar surface area (TPSA) is 114 Å². The van der Waals surface area contributed by atoms with Gasteiger partial charge in [-0.25, -0.2) is 9.97 Å². The molecule has 0 aliphatic heterocycles. The molecule has 0 aliphatic rings. The van der Waals surface area contributed by atoms with Crippen molar-refractivity contribution in [3.63, 3.8) is 0 Å². The number of nitrogens with one attached hydrogen (secondary N) is 2. The number of aromatic amines is 2. The summed E-state index contributed by atoms with van der Waals surface area (Å²) in [6, 6.07) is 5.91. The number of aromatic nitrogens is 9. The molecule has 0 atom stereocenters. The Morgan fingerprint density at radius 3 is 2.71 bits per heavy atom. The second-order valence-electron chi connectivity index (χ2n) is 7.35. The van der Waals surface area contributed by atoms with E-state index in [1.54, 1.807) is 24.8 Å². The smallest absolute Gasteiger partial charge is 0.159 e. The molecule has 0 aliphatic carbocycles. The molecule has 6 aromatic rings. The van der Waals surface area contributed by atoms with Crippen LogP contribution in [0.2, 0.25) is 0 Å². The van der Waals surface area contributed by atoms with E-state index < -0.39 is 0 Å². The number of pyridine rings is 3. The first-order chi connectivity index (χ1) is 15.2. The summed E-state index contributed by atoms with van der Waals surface area (Å²) in [5.74, 6) is 1.59. The third kappa shape index (κ3) is 2.71. The number of fused-ring (bicyclic) bond motifs is 2. The van der Waals surface area contributed by atoms with Gasteiger partial charge in [-0.2, -0.15) is 5.10 Å². The number of rotatable bonds is 3. The zero-order valence-electron chi connectivity index (χ0n) is 16.8. The Kier molecular flexibility index (Phi) is 3.69. The monoisotopic (exact) mass is 407 g/mol. The normalized spacial score (nSPS) is 11.5. The predicted molar refractivity (Wildman–Crippen MR) is 117 cm³/mol. The summed E-state index contributed by atoms with van der Waals surface area (Å²) < 4.78 is 2.01. The highest BCUT2D eigenvalue weighted by Crippen LogP contribution is 2.31. The van der Waals surface area contributed by atoms with Crippen molar-refractivity contribution < 1.29 is 0 Å². The number of aryl methyl sites for hydroxylation is 1. The van der Waals surface area contributed by atoms with E-state index in [1.807, 2.05) is 49.1 Å². The number of hydrogen-bond acceptors (Lipinski definition) is 6. The van der Waals surface area contributed by atoms with Gasteiger partial charge in [-0.3, -0.25) is 20.1 Å². The highest BCUT2D eigenvalue weighted by molar-refractivity contribution is 5.97. The van der Waals surface area contributed by atoms with Crippen LogP contribution >= 0.6 is 0 Å². The maximum atomic E-state index is 4.86. The van der Waals surface area contributed by atoms with Gasteiger partial charge in [-0.15, -0.1) is 0 Å². The molecule has 0 saturated carbocycles. The van der Waals surface area contributed by atoms with E-state index in [1.165, 1.54) is 0 Å². The van der Waals surface area contributed by atoms with Gasteiger partial charge in [-0.05, 0) is 19.1 Å². The first-order valence-corrected chi connectivity index (χ1v) is 9.76. The van der Waals surface area contributed by atoms with Crippen LogP contribution in [-0.2, 0) is 7.05 Å². The maximum Gasteiger partial charge on any atom is 0.159 e. The molecule has 2 N–H and O–H groups in total. The van der Waals surface area contributed by atoms with Crippen molar-refractivity contribution in [2.75, 3.05) is 0 Å². The Bertz CT molecular complexity index is 1560. The fourth-order valence-corrected chi connectivity index (χ4v) is 3.76. The van der Waals surface area contributed by atoms with Crippen LogP contribution in [0.25, 0.3) is 56.0 Å². The minimum Gasteiger partial charge on any atom is -0.335 e. The first kappa shape index (κ1) is 17.5. The molecule has 6 heterocycles. The van der Waals surface area contributed by atoms with Crippen LogP contribution in [0.3, 0.4) is 0 Å². The minimum atomic E-state index is 0.665. The molecule has 6 rings (SSSR count). The van der Waals surface area contributed by atoms with E-state index in [4.69, 9.17) is 4.98 Å². The molecule has 150 valence electrons. The minimum absolute atomic E-state index is 0.665. The second kappa shape index (κ2) is 6.56. The number of nitrogens with zero attached hydrogens (tertiary/aromatic N) is 7. The Balaban J connectivity index is 1.52. The van der Waals surface area contributed by atoms with E-state index in [0.29, 0.717) is 5.82 Å². The van der Waals surface area contributed by atoms with E-state index in [2.05, 4.69) is 35.1 Å². The van der Waals surface area contributed by atoms with Gasteiger partial charge in [0, 0.05) is 42.2 Å². The fourth-order valence-electron chi connectivity index (χ4n) is 3.76. The van der Waals surface area contributed by atoms with Gasteiger partial charge in [0.05, 0.1) is 41.0 Å². The van der Waals surface area contributed by atoms with Crippen molar-refractivity contribution in [1.82, 2.24) is 44.7 Å². The van der Waals surface area contributed by atoms with E-state index >= 15 is 0 Å². The average molecular weight is 407 g/mol. The zero-order chi connectivity index (χ0) is 20.9. The van der Waals surface area contributed by atoms with Gasteiger partial charge in [-0.1, -0.05) is 6.07 Å². The number of hydrogen-bond donors (Lipinski definition) is 2. The molecule has 0 aromatic carbocycles. The van der Waals surface area contributed by atoms with E-state index in [0.717, 1.165) is 56.0 Å². The van der Waals surface area contributed by atoms with Gasteiger partial charge in [0.15, 0.2) is 5.82 Å². The van der Waals surface area contributed by atoms with Crippen molar-refractivity contribution >= 4 is 21.9 Å². The highest BCUT2D eigenvalue weighted by atomic mass is 15.1. The third-order valence-electron chi connectivity index (χ3n) is 5.52. The molecule has 6 aromatic heterocycles. The molecule has 31 heavy (non-hydrogen) atoms. The Labute approximate surface area is 176 Å². The van der Waals surface area contributed by atoms with Crippen molar-refractivity contribution in [1.29, 1.82) is 0 Å². The largest absolute Gasteiger partial charge is 0.335 e. The molecule has 9 heteroatoms. The van der Waals surface area contributed by atoms with Gasteiger partial charge in [0.2, 0.25) is 0 Å². The van der Waals surface area contributed by atoms with Gasteiger partial charge in [0.1, 0.15) is 17.0 Å². The standard InChI is InChI=1S/C22H17N9/c1-12-25-11-19(31(12)2)16-6-14-17(10-26-16)29-30-21(14)22-27-18-9-24-8-15(20(18)28-22)13-4-3-5-23-7-13/h3-11H,1-2H3,(H,27,28)(H,29,30). The van der Waals surface area contributed by atoms with Gasteiger partial charge in [0.25, 0.3) is 0 Å². The molecule has 0 bridgehead atoms. The summed E-state index contributed by atoms with van der Waals surface area (Å²) in [7, 11) is 1.98. The fraction of sp³-hybridized carbons (Fsp3) is 0.0909. The van der Waals surface area contributed by atoms with Gasteiger partial charge >= 0.3 is 0 Å². The highest BCUT2D eigenvalue weighted by Gasteiger charge is 2.17. The molecular weight excluding hydrogens is 390 g/mol. The lowest BCUT2D eigenvalue weighted by atomic mass is 10.1. The second-order valence-corrected chi connectivity index (χ2v) is 7.35. The molecule has 9 nitrogen and oxygen atoms in total. The van der Waals surface area contributed by atoms with Crippen molar-refractivity contribution in [2.45, 2.75) is 6.92 Å². The van der Waals surface area contributed by atoms with Crippen LogP contribution in [0.15, 0.2) is 55.4 Å². The molecule has 0 amide bonds. The van der Waals surface area contributed by atoms with Crippen LogP contribution in [0.4, 0.5) is 0 Å². The first-order valence-electron chi connectivity index (χ1n) is 9.76. The molecular formula is C22H17N9. The van der Waals surface area contributed by atoms with Crippen LogP contribution in [0.5, 0.6) is 0 Å². The number of H-pyrrole nitrogens is 2. The Hall–Kier alpha value is -4.40. The number of imidazole rings is 2. The third-order valence-corrected chi connectivity index (χ3v) is 5.52. The lowest BCUT2D eigenvalue weighted by Crippen LogP contribution is -1.95. The lowest BCUT2D eigenvalue weighted by molar-refractivity contribution is 0.862. The van der Waals surface area contributed by atoms with Crippen LogP contribution < -0.4 is 0 Å². The van der Waals surface area contributed by atoms with Crippen molar-refractivity contribution in [3.8, 4) is 34.0 Å². The zero-order valence-corrected chi connectivity index (χ0v) is 16.8. The van der Waals surface area contributed by atoms with Crippen molar-refractivity contribution in [3.05, 3.63) is 61.2 Å². The lowest BCUT2D eigenvalue weighted by Gasteiger charge is -2.03. The molecule has 0 unspecified atom stereocenters. The van der Waals surface area contributed by atoms with Crippen LogP contribution in [-0.4, -0.2) is 44.7 Å². The Morgan fingerprint density at radius 2 is 1.90 bits per heavy atom. The summed E-state index contributed by atoms with van der Waals surface area (Å²) >= 11 is 0. The predicted octanol–water partition coefficient (Wildman–Crippen LogP) is 3.67. The molecule has 0 spiro atoms. The molecule has 0 saturated heterocycles. The van der Waals surface area contributed by atoms with Crippen LogP contribution in [0.1, 0.15) is 5.82 Å². The summed E-state index contributed by atoms with van der Waals surface area (Å²) in [4.78, 5) is 25.8. The summed E-state index contributed by atoms with van der Waals surface area (Å²) in [6.45, 7) is 1.97. The summed E-state index contributed by atoms with van der Waals surface area (Å²) in [6.07, 6.45) is 10.7. The average Bonchev–Trinajstić information content (AvgIpc) is 3.50. The van der Waals surface area contributed by atoms with Crippen molar-refractivity contribution in [2.24, 2.45) is 7.05 Å². The quantitative estimate of drug-likeness (QED) is 0.463. The van der Waals surface area contributed by atoms with Gasteiger partial charge < -0.3 is 9.55 Å². The molecule has 0 fully saturated rings. The summed E-state index contributed by atoms with van der Waals surface area (Å²) in [5, 5.41) is 8.50. The van der Waals surface area contributed by atoms with E-state index in [-0.39, 0.29) is 0 Å². The van der Waals surface area contributed by atoms with Crippen LogP contribution in [0, 0.1) is 6.92 Å². The summed E-state index contributed by atoms with van der Waals surface area (Å²) in [5.41, 5.74) is 6.87.